The summed E-state index contributed by atoms with van der Waals surface area (Å²) < 4.78 is 0. The van der Waals surface area contributed by atoms with E-state index in [0.29, 0.717) is 5.82 Å². The summed E-state index contributed by atoms with van der Waals surface area (Å²) in [6.07, 6.45) is 5.33. The predicted octanol–water partition coefficient (Wildman–Crippen LogP) is 12.5. The molecule has 0 fully saturated rings. The number of rotatable bonds is 5. The molecule has 0 radical (unpaired) electrons. The third kappa shape index (κ3) is 6.37. The monoisotopic (exact) mass is 690 g/mol. The fraction of sp³-hybridized carbons (Fsp3) is 0.224. The molecule has 0 spiro atoms. The standard InChI is InChI=1S/C49H46N4/c1-47(2,3)37-24-34(25-38(26-37)48(4,5)6)32-21-33(36-28-50-30-51-29-36)23-35(22-32)46-52-43(31-15-10-9-11-16-31)27-44(53-46)40-18-14-20-42-45(40)39-17-12-13-19-41(39)49(42,7)8/h9-30H,1-8H3. The van der Waals surface area contributed by atoms with Crippen molar-refractivity contribution in [3.63, 3.8) is 0 Å². The lowest BCUT2D eigenvalue weighted by atomic mass is 9.78. The number of nitrogens with zero attached hydrogens (tertiary/aromatic N) is 4. The number of fused-ring (bicyclic) bond motifs is 3. The van der Waals surface area contributed by atoms with Gasteiger partial charge in [-0.1, -0.05) is 146 Å². The first-order valence-corrected chi connectivity index (χ1v) is 18.5. The summed E-state index contributed by atoms with van der Waals surface area (Å²) in [6.45, 7) is 18.3. The highest BCUT2D eigenvalue weighted by Crippen LogP contribution is 2.52. The van der Waals surface area contributed by atoms with Crippen LogP contribution in [-0.2, 0) is 16.2 Å². The van der Waals surface area contributed by atoms with Gasteiger partial charge in [0.05, 0.1) is 11.4 Å². The molecule has 8 rings (SSSR count). The van der Waals surface area contributed by atoms with Gasteiger partial charge in [-0.15, -0.1) is 0 Å². The van der Waals surface area contributed by atoms with E-state index in [9.17, 15) is 0 Å². The molecule has 0 aliphatic heterocycles. The smallest absolute Gasteiger partial charge is 0.160 e. The van der Waals surface area contributed by atoms with Crippen LogP contribution in [0.1, 0.15) is 77.6 Å². The Morgan fingerprint density at radius 2 is 1.00 bits per heavy atom. The van der Waals surface area contributed by atoms with Gasteiger partial charge >= 0.3 is 0 Å². The highest BCUT2D eigenvalue weighted by Gasteiger charge is 2.37. The van der Waals surface area contributed by atoms with Crippen LogP contribution in [0, 0.1) is 0 Å². The summed E-state index contributed by atoms with van der Waals surface area (Å²) in [5, 5.41) is 0. The van der Waals surface area contributed by atoms with Crippen molar-refractivity contribution in [2.24, 2.45) is 0 Å². The van der Waals surface area contributed by atoms with E-state index in [1.54, 1.807) is 6.33 Å². The minimum Gasteiger partial charge on any atom is -0.244 e. The van der Waals surface area contributed by atoms with Gasteiger partial charge in [0.25, 0.3) is 0 Å². The maximum Gasteiger partial charge on any atom is 0.160 e. The first-order valence-electron chi connectivity index (χ1n) is 18.5. The molecule has 4 heteroatoms. The Morgan fingerprint density at radius 1 is 0.453 bits per heavy atom. The predicted molar refractivity (Wildman–Crippen MR) is 220 cm³/mol. The molecule has 0 saturated carbocycles. The van der Waals surface area contributed by atoms with E-state index in [4.69, 9.17) is 9.97 Å². The fourth-order valence-corrected chi connectivity index (χ4v) is 7.64. The van der Waals surface area contributed by atoms with Crippen molar-refractivity contribution in [1.82, 2.24) is 19.9 Å². The van der Waals surface area contributed by atoms with E-state index in [-0.39, 0.29) is 16.2 Å². The van der Waals surface area contributed by atoms with E-state index in [0.717, 1.165) is 44.8 Å². The lowest BCUT2D eigenvalue weighted by Crippen LogP contribution is -2.16. The van der Waals surface area contributed by atoms with E-state index in [2.05, 4.69) is 175 Å². The zero-order valence-corrected chi connectivity index (χ0v) is 32.0. The Labute approximate surface area is 314 Å². The zero-order chi connectivity index (χ0) is 37.1. The summed E-state index contributed by atoms with van der Waals surface area (Å²) in [5.41, 5.74) is 16.7. The molecule has 0 atom stereocenters. The molecule has 53 heavy (non-hydrogen) atoms. The molecule has 0 bridgehead atoms. The summed E-state index contributed by atoms with van der Waals surface area (Å²) in [6, 6.07) is 41.8. The fourth-order valence-electron chi connectivity index (χ4n) is 7.64. The second-order valence-corrected chi connectivity index (χ2v) is 17.0. The largest absolute Gasteiger partial charge is 0.244 e. The number of hydrogen-bond donors (Lipinski definition) is 0. The van der Waals surface area contributed by atoms with Crippen molar-refractivity contribution < 1.29 is 0 Å². The second-order valence-electron chi connectivity index (χ2n) is 17.0. The quantitative estimate of drug-likeness (QED) is 0.180. The van der Waals surface area contributed by atoms with Gasteiger partial charge in [0.15, 0.2) is 5.82 Å². The molecule has 2 aromatic heterocycles. The molecule has 0 amide bonds. The third-order valence-electron chi connectivity index (χ3n) is 10.8. The van der Waals surface area contributed by atoms with Crippen LogP contribution in [0.5, 0.6) is 0 Å². The second kappa shape index (κ2) is 12.7. The number of hydrogen-bond acceptors (Lipinski definition) is 4. The minimum atomic E-state index is -0.117. The van der Waals surface area contributed by atoms with E-state index < -0.39 is 0 Å². The molecule has 0 saturated heterocycles. The van der Waals surface area contributed by atoms with Crippen molar-refractivity contribution in [2.45, 2.75) is 71.6 Å². The van der Waals surface area contributed by atoms with Gasteiger partial charge in [0, 0.05) is 40.1 Å². The Hall–Kier alpha value is -5.74. The normalized spacial score (nSPS) is 13.4. The lowest BCUT2D eigenvalue weighted by Gasteiger charge is -2.26. The van der Waals surface area contributed by atoms with E-state index >= 15 is 0 Å². The van der Waals surface area contributed by atoms with Crippen LogP contribution >= 0.6 is 0 Å². The van der Waals surface area contributed by atoms with Crippen LogP contribution in [0.4, 0.5) is 0 Å². The van der Waals surface area contributed by atoms with Gasteiger partial charge in [0.1, 0.15) is 6.33 Å². The molecule has 1 aliphatic rings. The van der Waals surface area contributed by atoms with Crippen LogP contribution < -0.4 is 0 Å². The molecule has 262 valence electrons. The Balaban J connectivity index is 1.40. The van der Waals surface area contributed by atoms with Crippen molar-refractivity contribution in [1.29, 1.82) is 0 Å². The third-order valence-corrected chi connectivity index (χ3v) is 10.8. The van der Waals surface area contributed by atoms with Gasteiger partial charge < -0.3 is 0 Å². The molecule has 1 aliphatic carbocycles. The SMILES string of the molecule is CC(C)(C)c1cc(-c2cc(-c3cncnc3)cc(-c3nc(-c4ccccc4)cc(-c4cccc5c4-c4ccccc4C5(C)C)n3)c2)cc(C(C)(C)C)c1. The van der Waals surface area contributed by atoms with Crippen molar-refractivity contribution in [2.75, 3.05) is 0 Å². The van der Waals surface area contributed by atoms with Gasteiger partial charge in [0.2, 0.25) is 0 Å². The highest BCUT2D eigenvalue weighted by molar-refractivity contribution is 5.92. The first-order chi connectivity index (χ1) is 25.3. The van der Waals surface area contributed by atoms with Crippen LogP contribution in [0.3, 0.4) is 0 Å². The van der Waals surface area contributed by atoms with E-state index in [1.165, 1.54) is 38.9 Å². The van der Waals surface area contributed by atoms with Crippen LogP contribution in [0.2, 0.25) is 0 Å². The Morgan fingerprint density at radius 3 is 1.68 bits per heavy atom. The lowest BCUT2D eigenvalue weighted by molar-refractivity contribution is 0.569. The van der Waals surface area contributed by atoms with Crippen LogP contribution in [-0.4, -0.2) is 19.9 Å². The van der Waals surface area contributed by atoms with E-state index in [1.807, 2.05) is 18.5 Å². The molecule has 0 unspecified atom stereocenters. The highest BCUT2D eigenvalue weighted by atomic mass is 14.9. The molecule has 5 aromatic carbocycles. The summed E-state index contributed by atoms with van der Waals surface area (Å²) in [5.74, 6) is 0.674. The van der Waals surface area contributed by atoms with Gasteiger partial charge in [-0.2, -0.15) is 0 Å². The molecular weight excluding hydrogens is 645 g/mol. The maximum atomic E-state index is 5.44. The van der Waals surface area contributed by atoms with Crippen molar-refractivity contribution >= 4 is 0 Å². The Bertz CT molecular complexity index is 2450. The topological polar surface area (TPSA) is 51.6 Å². The van der Waals surface area contributed by atoms with Crippen LogP contribution in [0.15, 0.2) is 134 Å². The average molecular weight is 691 g/mol. The van der Waals surface area contributed by atoms with Crippen molar-refractivity contribution in [3.8, 4) is 67.3 Å². The first kappa shape index (κ1) is 34.4. The number of aromatic nitrogens is 4. The summed E-state index contributed by atoms with van der Waals surface area (Å²) in [4.78, 5) is 19.5. The minimum absolute atomic E-state index is 0.0190. The number of benzene rings is 5. The van der Waals surface area contributed by atoms with Gasteiger partial charge in [-0.05, 0) is 85.2 Å². The molecular formula is C49H46N4. The molecule has 4 nitrogen and oxygen atoms in total. The molecule has 2 heterocycles. The van der Waals surface area contributed by atoms with Gasteiger partial charge in [-0.25, -0.2) is 19.9 Å². The average Bonchev–Trinajstić information content (AvgIpc) is 3.40. The maximum absolute atomic E-state index is 5.44. The summed E-state index contributed by atoms with van der Waals surface area (Å²) in [7, 11) is 0. The molecule has 7 aromatic rings. The zero-order valence-electron chi connectivity index (χ0n) is 32.0. The Kier molecular flexibility index (Phi) is 8.25. The molecule has 0 N–H and O–H groups in total. The summed E-state index contributed by atoms with van der Waals surface area (Å²) >= 11 is 0. The van der Waals surface area contributed by atoms with Gasteiger partial charge in [-0.3, -0.25) is 0 Å². The van der Waals surface area contributed by atoms with Crippen LogP contribution in [0.25, 0.3) is 67.3 Å². The van der Waals surface area contributed by atoms with Crippen molar-refractivity contribution in [3.05, 3.63) is 156 Å².